The van der Waals surface area contributed by atoms with Gasteiger partial charge in [0.25, 0.3) is 0 Å². The van der Waals surface area contributed by atoms with Crippen LogP contribution in [0.4, 0.5) is 5.13 Å². The third kappa shape index (κ3) is 5.59. The summed E-state index contributed by atoms with van der Waals surface area (Å²) in [4.78, 5) is 16.8. The maximum Gasteiger partial charge on any atom is 0.240 e. The molecule has 2 heterocycles. The summed E-state index contributed by atoms with van der Waals surface area (Å²) in [6.45, 7) is 6.49. The van der Waals surface area contributed by atoms with Crippen LogP contribution in [0.15, 0.2) is 24.3 Å². The van der Waals surface area contributed by atoms with Gasteiger partial charge in [0.2, 0.25) is 11.0 Å². The Morgan fingerprint density at radius 2 is 2.12 bits per heavy atom. The number of aromatic nitrogens is 2. The van der Waals surface area contributed by atoms with E-state index in [4.69, 9.17) is 0 Å². The van der Waals surface area contributed by atoms with Crippen molar-refractivity contribution in [1.82, 2.24) is 20.0 Å². The van der Waals surface area contributed by atoms with Crippen molar-refractivity contribution in [3.8, 4) is 0 Å². The van der Waals surface area contributed by atoms with Crippen molar-refractivity contribution < 1.29 is 4.79 Å². The van der Waals surface area contributed by atoms with Crippen LogP contribution >= 0.6 is 11.3 Å². The molecule has 1 aliphatic heterocycles. The molecule has 0 spiro atoms. The standard InChI is InChI=1S/C18H25N5OS/c1-14-5-3-6-15(11-14)12-17-20-21-18(25-17)19-16(24)13-23-8-4-7-22(2)9-10-23/h3,5-6,11H,4,7-10,12-13H2,1-2H3,(H,19,21,24). The van der Waals surface area contributed by atoms with Crippen molar-refractivity contribution in [2.75, 3.05) is 45.1 Å². The molecule has 7 heteroatoms. The minimum atomic E-state index is -0.0113. The summed E-state index contributed by atoms with van der Waals surface area (Å²) in [6.07, 6.45) is 1.84. The molecule has 1 amide bonds. The first-order chi connectivity index (χ1) is 12.1. The number of nitrogens with one attached hydrogen (secondary N) is 1. The van der Waals surface area contributed by atoms with Crippen molar-refractivity contribution >= 4 is 22.4 Å². The number of amides is 1. The molecule has 25 heavy (non-hydrogen) atoms. The molecule has 0 unspecified atom stereocenters. The summed E-state index contributed by atoms with van der Waals surface area (Å²) >= 11 is 1.45. The van der Waals surface area contributed by atoms with Crippen LogP contribution in [0.2, 0.25) is 0 Å². The van der Waals surface area contributed by atoms with Crippen LogP contribution < -0.4 is 5.32 Å². The average molecular weight is 359 g/mol. The molecule has 6 nitrogen and oxygen atoms in total. The Hall–Kier alpha value is -1.83. The number of rotatable bonds is 5. The van der Waals surface area contributed by atoms with Gasteiger partial charge in [0.05, 0.1) is 6.54 Å². The maximum atomic E-state index is 12.3. The Kier molecular flexibility index (Phi) is 6.12. The summed E-state index contributed by atoms with van der Waals surface area (Å²) in [6, 6.07) is 8.36. The van der Waals surface area contributed by atoms with E-state index in [1.165, 1.54) is 22.5 Å². The van der Waals surface area contributed by atoms with E-state index in [2.05, 4.69) is 57.5 Å². The summed E-state index contributed by atoms with van der Waals surface area (Å²) in [5, 5.41) is 12.7. The lowest BCUT2D eigenvalue weighted by atomic mass is 10.1. The number of hydrogen-bond acceptors (Lipinski definition) is 6. The number of anilines is 1. The summed E-state index contributed by atoms with van der Waals surface area (Å²) in [7, 11) is 2.13. The van der Waals surface area contributed by atoms with Gasteiger partial charge in [0, 0.05) is 19.5 Å². The van der Waals surface area contributed by atoms with Crippen molar-refractivity contribution in [3.63, 3.8) is 0 Å². The van der Waals surface area contributed by atoms with Crippen LogP contribution in [0.25, 0.3) is 0 Å². The number of carbonyl (C=O) groups is 1. The van der Waals surface area contributed by atoms with E-state index in [0.717, 1.165) is 44.0 Å². The van der Waals surface area contributed by atoms with Crippen LogP contribution in [0.3, 0.4) is 0 Å². The van der Waals surface area contributed by atoms with Gasteiger partial charge in [0.15, 0.2) is 0 Å². The molecule has 134 valence electrons. The lowest BCUT2D eigenvalue weighted by Gasteiger charge is -2.18. The minimum absolute atomic E-state index is 0.0113. The Labute approximate surface area is 152 Å². The topological polar surface area (TPSA) is 61.4 Å². The van der Waals surface area contributed by atoms with E-state index < -0.39 is 0 Å². The zero-order valence-corrected chi connectivity index (χ0v) is 15.7. The second-order valence-corrected chi connectivity index (χ2v) is 7.71. The summed E-state index contributed by atoms with van der Waals surface area (Å²) in [5.41, 5.74) is 2.45. The predicted octanol–water partition coefficient (Wildman–Crippen LogP) is 2.01. The van der Waals surface area contributed by atoms with E-state index in [9.17, 15) is 4.79 Å². The number of aryl methyl sites for hydroxylation is 1. The largest absolute Gasteiger partial charge is 0.305 e. The van der Waals surface area contributed by atoms with Gasteiger partial charge in [-0.2, -0.15) is 0 Å². The monoisotopic (exact) mass is 359 g/mol. The molecule has 0 radical (unpaired) electrons. The summed E-state index contributed by atoms with van der Waals surface area (Å²) < 4.78 is 0. The predicted molar refractivity (Wildman–Crippen MR) is 101 cm³/mol. The molecule has 1 saturated heterocycles. The maximum absolute atomic E-state index is 12.3. The van der Waals surface area contributed by atoms with Gasteiger partial charge < -0.3 is 4.90 Å². The Morgan fingerprint density at radius 1 is 1.24 bits per heavy atom. The highest BCUT2D eigenvalue weighted by molar-refractivity contribution is 7.15. The normalized spacial score (nSPS) is 16.6. The van der Waals surface area contributed by atoms with Gasteiger partial charge in [0.1, 0.15) is 5.01 Å². The molecule has 1 aliphatic rings. The van der Waals surface area contributed by atoms with Crippen molar-refractivity contribution in [2.45, 2.75) is 19.8 Å². The summed E-state index contributed by atoms with van der Waals surface area (Å²) in [5.74, 6) is -0.0113. The smallest absolute Gasteiger partial charge is 0.240 e. The second kappa shape index (κ2) is 8.51. The SMILES string of the molecule is Cc1cccc(Cc2nnc(NC(=O)CN3CCCN(C)CC3)s2)c1. The highest BCUT2D eigenvalue weighted by Gasteiger charge is 2.16. The fraction of sp³-hybridized carbons (Fsp3) is 0.500. The average Bonchev–Trinajstić information content (AvgIpc) is 2.88. The quantitative estimate of drug-likeness (QED) is 0.885. The van der Waals surface area contributed by atoms with E-state index in [1.54, 1.807) is 0 Å². The number of nitrogens with zero attached hydrogens (tertiary/aromatic N) is 4. The van der Waals surface area contributed by atoms with Gasteiger partial charge in [-0.3, -0.25) is 15.0 Å². The zero-order chi connectivity index (χ0) is 17.6. The van der Waals surface area contributed by atoms with Gasteiger partial charge in [-0.1, -0.05) is 41.2 Å². The van der Waals surface area contributed by atoms with Crippen LogP contribution in [0.5, 0.6) is 0 Å². The Bertz CT molecular complexity index is 717. The van der Waals surface area contributed by atoms with E-state index in [0.29, 0.717) is 11.7 Å². The first kappa shape index (κ1) is 18.0. The third-order valence-electron chi connectivity index (χ3n) is 4.33. The number of hydrogen-bond donors (Lipinski definition) is 1. The third-order valence-corrected chi connectivity index (χ3v) is 5.17. The molecule has 3 rings (SSSR count). The van der Waals surface area contributed by atoms with Crippen LogP contribution in [0, 0.1) is 6.92 Å². The van der Waals surface area contributed by atoms with Crippen LogP contribution in [0.1, 0.15) is 22.6 Å². The minimum Gasteiger partial charge on any atom is -0.305 e. The van der Waals surface area contributed by atoms with Crippen LogP contribution in [-0.2, 0) is 11.2 Å². The highest BCUT2D eigenvalue weighted by Crippen LogP contribution is 2.19. The molecule has 1 fully saturated rings. The van der Waals surface area contributed by atoms with Crippen molar-refractivity contribution in [2.24, 2.45) is 0 Å². The second-order valence-electron chi connectivity index (χ2n) is 6.65. The van der Waals surface area contributed by atoms with Crippen LogP contribution in [-0.4, -0.2) is 65.7 Å². The van der Waals surface area contributed by atoms with E-state index in [1.807, 2.05) is 6.07 Å². The van der Waals surface area contributed by atoms with Gasteiger partial charge in [-0.05, 0) is 39.0 Å². The molecule has 1 aromatic heterocycles. The first-order valence-electron chi connectivity index (χ1n) is 8.67. The number of benzene rings is 1. The van der Waals surface area contributed by atoms with E-state index >= 15 is 0 Å². The highest BCUT2D eigenvalue weighted by atomic mass is 32.1. The zero-order valence-electron chi connectivity index (χ0n) is 14.9. The van der Waals surface area contributed by atoms with Gasteiger partial charge in [-0.25, -0.2) is 0 Å². The lowest BCUT2D eigenvalue weighted by molar-refractivity contribution is -0.117. The van der Waals surface area contributed by atoms with Crippen molar-refractivity contribution in [3.05, 3.63) is 40.4 Å². The van der Waals surface area contributed by atoms with Gasteiger partial charge in [-0.15, -0.1) is 10.2 Å². The van der Waals surface area contributed by atoms with Crippen molar-refractivity contribution in [1.29, 1.82) is 0 Å². The first-order valence-corrected chi connectivity index (χ1v) is 9.49. The molecular weight excluding hydrogens is 334 g/mol. The molecule has 0 atom stereocenters. The molecule has 0 bridgehead atoms. The molecule has 1 N–H and O–H groups in total. The fourth-order valence-electron chi connectivity index (χ4n) is 2.99. The molecular formula is C18H25N5OS. The fourth-order valence-corrected chi connectivity index (χ4v) is 3.78. The Balaban J connectivity index is 1.51. The number of likely N-dealkylation sites (N-methyl/N-ethyl adjacent to an activating group) is 1. The molecule has 0 aliphatic carbocycles. The number of carbonyl (C=O) groups excluding carboxylic acids is 1. The molecule has 1 aromatic carbocycles. The Morgan fingerprint density at radius 3 is 2.96 bits per heavy atom. The lowest BCUT2D eigenvalue weighted by Crippen LogP contribution is -2.35. The molecule has 0 saturated carbocycles. The van der Waals surface area contributed by atoms with E-state index in [-0.39, 0.29) is 5.91 Å². The van der Waals surface area contributed by atoms with Gasteiger partial charge >= 0.3 is 0 Å². The molecule has 2 aromatic rings.